The lowest BCUT2D eigenvalue weighted by Gasteiger charge is -2.09. The molecule has 0 saturated carbocycles. The molecule has 0 fully saturated rings. The molecule has 0 spiro atoms. The number of carbonyl (C=O) groups excluding carboxylic acids is 1. The number of hydrogen-bond acceptors (Lipinski definition) is 4. The lowest BCUT2D eigenvalue weighted by molar-refractivity contribution is 0.0600. The van der Waals surface area contributed by atoms with Gasteiger partial charge in [0.05, 0.1) is 23.6 Å². The van der Waals surface area contributed by atoms with E-state index in [-0.39, 0.29) is 5.56 Å². The third-order valence-corrected chi connectivity index (χ3v) is 3.46. The quantitative estimate of drug-likeness (QED) is 0.542. The van der Waals surface area contributed by atoms with Gasteiger partial charge in [0.15, 0.2) is 0 Å². The number of aryl methyl sites for hydroxylation is 1. The summed E-state index contributed by atoms with van der Waals surface area (Å²) < 4.78 is 4.74. The van der Waals surface area contributed by atoms with Crippen LogP contribution < -0.4 is 5.56 Å². The number of nitrogens with zero attached hydrogens (tertiary/aromatic N) is 1. The van der Waals surface area contributed by atoms with E-state index in [1.165, 1.54) is 7.11 Å². The van der Waals surface area contributed by atoms with E-state index in [2.05, 4.69) is 9.97 Å². The SMILES string of the molecule is COC(=O)c1ccc2c([nH]c(=O)c3ccncc32)c1C. The Labute approximate surface area is 114 Å². The van der Waals surface area contributed by atoms with E-state index in [0.717, 1.165) is 10.8 Å². The molecule has 3 aromatic rings. The Hall–Kier alpha value is -2.69. The molecule has 2 heterocycles. The van der Waals surface area contributed by atoms with Crippen LogP contribution in [0.1, 0.15) is 15.9 Å². The number of aromatic amines is 1. The van der Waals surface area contributed by atoms with Gasteiger partial charge in [0.25, 0.3) is 5.56 Å². The first kappa shape index (κ1) is 12.3. The third kappa shape index (κ3) is 1.67. The van der Waals surface area contributed by atoms with E-state index < -0.39 is 5.97 Å². The number of benzene rings is 1. The lowest BCUT2D eigenvalue weighted by Crippen LogP contribution is -2.10. The number of methoxy groups -OCH3 is 1. The van der Waals surface area contributed by atoms with Gasteiger partial charge in [-0.15, -0.1) is 0 Å². The van der Waals surface area contributed by atoms with Crippen LogP contribution in [0.2, 0.25) is 0 Å². The third-order valence-electron chi connectivity index (χ3n) is 3.46. The fourth-order valence-corrected chi connectivity index (χ4v) is 2.42. The fraction of sp³-hybridized carbons (Fsp3) is 0.133. The highest BCUT2D eigenvalue weighted by atomic mass is 16.5. The Bertz CT molecular complexity index is 897. The molecule has 0 unspecified atom stereocenters. The first-order valence-corrected chi connectivity index (χ1v) is 6.11. The Balaban J connectivity index is 2.48. The highest BCUT2D eigenvalue weighted by Crippen LogP contribution is 2.25. The molecule has 0 aliphatic carbocycles. The summed E-state index contributed by atoms with van der Waals surface area (Å²) >= 11 is 0. The van der Waals surface area contributed by atoms with Gasteiger partial charge >= 0.3 is 5.97 Å². The van der Waals surface area contributed by atoms with Crippen molar-refractivity contribution < 1.29 is 9.53 Å². The fourth-order valence-electron chi connectivity index (χ4n) is 2.42. The summed E-state index contributed by atoms with van der Waals surface area (Å²) in [6, 6.07) is 5.18. The van der Waals surface area contributed by atoms with Crippen LogP contribution in [0.4, 0.5) is 0 Å². The van der Waals surface area contributed by atoms with Crippen molar-refractivity contribution in [3.8, 4) is 0 Å². The van der Waals surface area contributed by atoms with Crippen LogP contribution in [0, 0.1) is 6.92 Å². The Kier molecular flexibility index (Phi) is 2.75. The zero-order valence-electron chi connectivity index (χ0n) is 11.1. The monoisotopic (exact) mass is 268 g/mol. The van der Waals surface area contributed by atoms with Crippen molar-refractivity contribution in [2.24, 2.45) is 0 Å². The lowest BCUT2D eigenvalue weighted by atomic mass is 10.0. The van der Waals surface area contributed by atoms with Crippen molar-refractivity contribution in [2.75, 3.05) is 7.11 Å². The van der Waals surface area contributed by atoms with Crippen molar-refractivity contribution in [3.63, 3.8) is 0 Å². The van der Waals surface area contributed by atoms with Crippen LogP contribution in [0.25, 0.3) is 21.7 Å². The Morgan fingerprint density at radius 3 is 2.75 bits per heavy atom. The number of esters is 1. The van der Waals surface area contributed by atoms with Gasteiger partial charge in [0.2, 0.25) is 0 Å². The number of aromatic nitrogens is 2. The van der Waals surface area contributed by atoms with Crippen molar-refractivity contribution >= 4 is 27.6 Å². The molecule has 5 nitrogen and oxygen atoms in total. The van der Waals surface area contributed by atoms with Crippen molar-refractivity contribution in [1.29, 1.82) is 0 Å². The minimum atomic E-state index is -0.420. The summed E-state index contributed by atoms with van der Waals surface area (Å²) in [5, 5.41) is 2.21. The van der Waals surface area contributed by atoms with Crippen LogP contribution in [0.3, 0.4) is 0 Å². The summed E-state index contributed by atoms with van der Waals surface area (Å²) in [7, 11) is 1.33. The van der Waals surface area contributed by atoms with Crippen LogP contribution >= 0.6 is 0 Å². The second-order valence-electron chi connectivity index (χ2n) is 4.53. The summed E-state index contributed by atoms with van der Waals surface area (Å²) in [5.41, 5.74) is 1.58. The highest BCUT2D eigenvalue weighted by Gasteiger charge is 2.14. The number of hydrogen-bond donors (Lipinski definition) is 1. The largest absolute Gasteiger partial charge is 0.465 e. The molecule has 5 heteroatoms. The first-order chi connectivity index (χ1) is 9.63. The molecule has 100 valence electrons. The second-order valence-corrected chi connectivity index (χ2v) is 4.53. The van der Waals surface area contributed by atoms with Gasteiger partial charge in [-0.1, -0.05) is 6.07 Å². The van der Waals surface area contributed by atoms with E-state index in [9.17, 15) is 9.59 Å². The molecule has 1 N–H and O–H groups in total. The maximum absolute atomic E-state index is 12.1. The standard InChI is InChI=1S/C15H12N2O3/c1-8-9(15(19)20-2)3-4-10-12-7-16-6-5-11(12)14(18)17-13(8)10/h3-7H,1-2H3,(H,17,18). The molecular formula is C15H12N2O3. The summed E-state index contributed by atoms with van der Waals surface area (Å²) in [5.74, 6) is -0.420. The molecule has 0 amide bonds. The van der Waals surface area contributed by atoms with E-state index in [0.29, 0.717) is 22.0 Å². The predicted molar refractivity (Wildman–Crippen MR) is 75.9 cm³/mol. The van der Waals surface area contributed by atoms with Gasteiger partial charge < -0.3 is 9.72 Å². The van der Waals surface area contributed by atoms with Crippen molar-refractivity contribution in [3.05, 3.63) is 52.1 Å². The molecular weight excluding hydrogens is 256 g/mol. The Morgan fingerprint density at radius 2 is 2.00 bits per heavy atom. The zero-order chi connectivity index (χ0) is 14.3. The molecule has 0 bridgehead atoms. The number of ether oxygens (including phenoxy) is 1. The summed E-state index contributed by atoms with van der Waals surface area (Å²) in [6.07, 6.45) is 3.24. The van der Waals surface area contributed by atoms with Crippen LogP contribution in [0.15, 0.2) is 35.4 Å². The number of nitrogens with one attached hydrogen (secondary N) is 1. The van der Waals surface area contributed by atoms with Crippen LogP contribution in [-0.4, -0.2) is 23.0 Å². The number of carbonyl (C=O) groups is 1. The van der Waals surface area contributed by atoms with E-state index in [4.69, 9.17) is 4.74 Å². The summed E-state index contributed by atoms with van der Waals surface area (Å²) in [6.45, 7) is 1.78. The molecule has 0 aliphatic heterocycles. The van der Waals surface area contributed by atoms with Gasteiger partial charge in [-0.05, 0) is 24.6 Å². The Morgan fingerprint density at radius 1 is 1.20 bits per heavy atom. The average Bonchev–Trinajstić information content (AvgIpc) is 2.48. The predicted octanol–water partition coefficient (Wildman–Crippen LogP) is 2.17. The molecule has 0 saturated heterocycles. The maximum Gasteiger partial charge on any atom is 0.338 e. The van der Waals surface area contributed by atoms with Crippen LogP contribution in [-0.2, 0) is 4.74 Å². The van der Waals surface area contributed by atoms with E-state index in [1.807, 2.05) is 0 Å². The average molecular weight is 268 g/mol. The molecule has 0 atom stereocenters. The number of fused-ring (bicyclic) bond motifs is 3. The van der Waals surface area contributed by atoms with Crippen molar-refractivity contribution in [1.82, 2.24) is 9.97 Å². The minimum absolute atomic E-state index is 0.194. The van der Waals surface area contributed by atoms with E-state index >= 15 is 0 Å². The zero-order valence-corrected chi connectivity index (χ0v) is 11.1. The maximum atomic E-state index is 12.1. The second kappa shape index (κ2) is 4.45. The molecule has 1 aromatic carbocycles. The topological polar surface area (TPSA) is 72.1 Å². The van der Waals surface area contributed by atoms with Gasteiger partial charge in [-0.3, -0.25) is 9.78 Å². The van der Waals surface area contributed by atoms with Crippen molar-refractivity contribution in [2.45, 2.75) is 6.92 Å². The molecule has 0 aliphatic rings. The number of pyridine rings is 2. The highest BCUT2D eigenvalue weighted by molar-refractivity contribution is 6.08. The van der Waals surface area contributed by atoms with Gasteiger partial charge in [-0.25, -0.2) is 4.79 Å². The minimum Gasteiger partial charge on any atom is -0.465 e. The number of rotatable bonds is 1. The normalized spacial score (nSPS) is 10.9. The van der Waals surface area contributed by atoms with Gasteiger partial charge in [-0.2, -0.15) is 0 Å². The molecule has 3 rings (SSSR count). The molecule has 2 aromatic heterocycles. The molecule has 20 heavy (non-hydrogen) atoms. The smallest absolute Gasteiger partial charge is 0.338 e. The number of H-pyrrole nitrogens is 1. The van der Waals surface area contributed by atoms with Crippen LogP contribution in [0.5, 0.6) is 0 Å². The summed E-state index contributed by atoms with van der Waals surface area (Å²) in [4.78, 5) is 30.7. The van der Waals surface area contributed by atoms with Gasteiger partial charge in [0.1, 0.15) is 0 Å². The first-order valence-electron chi connectivity index (χ1n) is 6.11. The molecule has 0 radical (unpaired) electrons. The van der Waals surface area contributed by atoms with E-state index in [1.54, 1.807) is 37.5 Å². The van der Waals surface area contributed by atoms with Gasteiger partial charge in [0, 0.05) is 23.2 Å².